The minimum atomic E-state index is 0.0562. The predicted octanol–water partition coefficient (Wildman–Crippen LogP) is 1.45. The molecule has 2 heterocycles. The zero-order valence-electron chi connectivity index (χ0n) is 12.8. The average Bonchev–Trinajstić information content (AvgIpc) is 2.48. The number of hydrogen-bond donors (Lipinski definition) is 2. The van der Waals surface area contributed by atoms with Crippen LogP contribution in [0.15, 0.2) is 24.5 Å². The van der Waals surface area contributed by atoms with E-state index in [0.29, 0.717) is 12.0 Å². The zero-order chi connectivity index (χ0) is 17.8. The van der Waals surface area contributed by atoms with Gasteiger partial charge in [0.25, 0.3) is 6.47 Å². The van der Waals surface area contributed by atoms with Crippen molar-refractivity contribution in [3.63, 3.8) is 0 Å². The van der Waals surface area contributed by atoms with Crippen LogP contribution in [0, 0.1) is 20.8 Å². The van der Waals surface area contributed by atoms with Gasteiger partial charge in [-0.2, -0.15) is 9.59 Å². The van der Waals surface area contributed by atoms with E-state index in [1.807, 2.05) is 13.8 Å². The fraction of sp³-hybridized carbons (Fsp3) is 0.200. The van der Waals surface area contributed by atoms with Crippen LogP contribution in [0.4, 0.5) is 0 Å². The van der Waals surface area contributed by atoms with E-state index in [9.17, 15) is 4.79 Å². The third kappa shape index (κ3) is 7.93. The van der Waals surface area contributed by atoms with Crippen molar-refractivity contribution in [2.24, 2.45) is 0 Å². The summed E-state index contributed by atoms with van der Waals surface area (Å²) in [5, 5.41) is 17.8. The van der Waals surface area contributed by atoms with Gasteiger partial charge in [0, 0.05) is 11.3 Å². The number of aromatic hydroxyl groups is 2. The molecule has 23 heavy (non-hydrogen) atoms. The van der Waals surface area contributed by atoms with E-state index in [1.165, 1.54) is 18.5 Å². The van der Waals surface area contributed by atoms with Gasteiger partial charge in [-0.3, -0.25) is 9.78 Å². The molecule has 8 heteroatoms. The second kappa shape index (κ2) is 10.5. The van der Waals surface area contributed by atoms with Crippen LogP contribution in [-0.4, -0.2) is 32.8 Å². The number of ether oxygens (including phenoxy) is 1. The number of pyridine rings is 2. The Labute approximate surface area is 132 Å². The van der Waals surface area contributed by atoms with E-state index in [4.69, 9.17) is 19.8 Å². The van der Waals surface area contributed by atoms with E-state index in [2.05, 4.69) is 14.7 Å². The van der Waals surface area contributed by atoms with Crippen molar-refractivity contribution >= 4 is 12.6 Å². The molecular formula is C15H16N2O6. The van der Waals surface area contributed by atoms with Gasteiger partial charge in [-0.1, -0.05) is 0 Å². The molecule has 122 valence electrons. The Morgan fingerprint density at radius 3 is 1.87 bits per heavy atom. The Hall–Kier alpha value is -3.25. The van der Waals surface area contributed by atoms with Crippen LogP contribution in [0.3, 0.4) is 0 Å². The molecule has 0 radical (unpaired) electrons. The summed E-state index contributed by atoms with van der Waals surface area (Å²) in [4.78, 5) is 33.7. The van der Waals surface area contributed by atoms with E-state index < -0.39 is 0 Å². The molecule has 2 rings (SSSR count). The Bertz CT molecular complexity index is 682. The van der Waals surface area contributed by atoms with Crippen LogP contribution in [0.25, 0.3) is 0 Å². The Balaban J connectivity index is 0.000000365. The molecule has 0 bridgehead atoms. The smallest absolute Gasteiger partial charge is 0.373 e. The SMILES string of the molecule is Cc1cc(O)cnc1C.Cc1cc(O)cnc1OC=O.O=C=O. The van der Waals surface area contributed by atoms with Gasteiger partial charge in [-0.05, 0) is 38.5 Å². The molecule has 0 fully saturated rings. The molecule has 2 aromatic rings. The van der Waals surface area contributed by atoms with E-state index in [0.717, 1.165) is 11.3 Å². The summed E-state index contributed by atoms with van der Waals surface area (Å²) in [7, 11) is 0. The van der Waals surface area contributed by atoms with Crippen molar-refractivity contribution in [1.29, 1.82) is 0 Å². The number of hydrogen-bond acceptors (Lipinski definition) is 8. The van der Waals surface area contributed by atoms with Crippen molar-refractivity contribution in [3.8, 4) is 17.4 Å². The third-order valence-corrected chi connectivity index (χ3v) is 2.50. The fourth-order valence-electron chi connectivity index (χ4n) is 1.34. The maximum Gasteiger partial charge on any atom is 0.373 e. The van der Waals surface area contributed by atoms with Crippen LogP contribution >= 0.6 is 0 Å². The van der Waals surface area contributed by atoms with Gasteiger partial charge in [0.1, 0.15) is 11.5 Å². The lowest BCUT2D eigenvalue weighted by Crippen LogP contribution is -1.93. The standard InChI is InChI=1S/C7H7NO3.C7H9NO.CO2/c1-5-2-6(10)3-8-7(5)11-4-9;1-5-3-7(9)4-8-6(5)2;2-1-3/h2-4,10H,1H3;3-4,9H,1-2H3;. The van der Waals surface area contributed by atoms with Crippen molar-refractivity contribution in [2.45, 2.75) is 20.8 Å². The summed E-state index contributed by atoms with van der Waals surface area (Å²) in [6, 6.07) is 3.16. The Morgan fingerprint density at radius 1 is 1.00 bits per heavy atom. The molecule has 0 amide bonds. The van der Waals surface area contributed by atoms with Crippen LogP contribution in [0.1, 0.15) is 16.8 Å². The van der Waals surface area contributed by atoms with Gasteiger partial charge in [0.15, 0.2) is 0 Å². The summed E-state index contributed by atoms with van der Waals surface area (Å²) in [6.07, 6.45) is 2.91. The number of nitrogens with zero attached hydrogens (tertiary/aromatic N) is 2. The van der Waals surface area contributed by atoms with Crippen LogP contribution in [0.5, 0.6) is 17.4 Å². The maximum atomic E-state index is 9.89. The van der Waals surface area contributed by atoms with E-state index in [1.54, 1.807) is 13.0 Å². The fourth-order valence-corrected chi connectivity index (χ4v) is 1.34. The van der Waals surface area contributed by atoms with Gasteiger partial charge >= 0.3 is 6.15 Å². The molecule has 0 unspecified atom stereocenters. The highest BCUT2D eigenvalue weighted by atomic mass is 16.5. The van der Waals surface area contributed by atoms with Gasteiger partial charge in [0.05, 0.1) is 12.4 Å². The molecule has 0 aliphatic heterocycles. The summed E-state index contributed by atoms with van der Waals surface area (Å²) in [5.41, 5.74) is 2.61. The largest absolute Gasteiger partial charge is 0.506 e. The molecule has 0 saturated heterocycles. The van der Waals surface area contributed by atoms with Crippen molar-refractivity contribution < 1.29 is 29.3 Å². The monoisotopic (exact) mass is 320 g/mol. The molecule has 0 spiro atoms. The summed E-state index contributed by atoms with van der Waals surface area (Å²) in [6.45, 7) is 5.81. The Kier molecular flexibility index (Phi) is 8.99. The van der Waals surface area contributed by atoms with Crippen LogP contribution in [-0.2, 0) is 14.4 Å². The van der Waals surface area contributed by atoms with E-state index in [-0.39, 0.29) is 23.5 Å². The Morgan fingerprint density at radius 2 is 1.48 bits per heavy atom. The first-order valence-electron chi connectivity index (χ1n) is 6.23. The molecule has 0 aliphatic rings. The minimum Gasteiger partial charge on any atom is -0.506 e. The quantitative estimate of drug-likeness (QED) is 0.796. The van der Waals surface area contributed by atoms with E-state index >= 15 is 0 Å². The highest BCUT2D eigenvalue weighted by Gasteiger charge is 2.00. The molecular weight excluding hydrogens is 304 g/mol. The third-order valence-electron chi connectivity index (χ3n) is 2.50. The van der Waals surface area contributed by atoms with Gasteiger partial charge in [-0.25, -0.2) is 4.98 Å². The average molecular weight is 320 g/mol. The molecule has 0 atom stereocenters. The normalized spacial score (nSPS) is 8.48. The molecule has 8 nitrogen and oxygen atoms in total. The number of carbonyl (C=O) groups excluding carboxylic acids is 3. The first-order chi connectivity index (χ1) is 10.8. The summed E-state index contributed by atoms with van der Waals surface area (Å²) >= 11 is 0. The lowest BCUT2D eigenvalue weighted by molar-refractivity contribution is -0.191. The number of carbonyl (C=O) groups is 1. The van der Waals surface area contributed by atoms with Gasteiger partial charge < -0.3 is 14.9 Å². The molecule has 0 aromatic carbocycles. The number of rotatable bonds is 2. The van der Waals surface area contributed by atoms with Crippen molar-refractivity contribution in [1.82, 2.24) is 9.97 Å². The molecule has 2 N–H and O–H groups in total. The van der Waals surface area contributed by atoms with Crippen molar-refractivity contribution in [3.05, 3.63) is 41.3 Å². The summed E-state index contributed by atoms with van der Waals surface area (Å²) in [5.74, 6) is 0.511. The van der Waals surface area contributed by atoms with Gasteiger partial charge in [0.2, 0.25) is 5.88 Å². The van der Waals surface area contributed by atoms with Gasteiger partial charge in [-0.15, -0.1) is 0 Å². The lowest BCUT2D eigenvalue weighted by atomic mass is 10.2. The maximum absolute atomic E-state index is 9.89. The van der Waals surface area contributed by atoms with Crippen LogP contribution < -0.4 is 4.74 Å². The lowest BCUT2D eigenvalue weighted by Gasteiger charge is -1.99. The predicted molar refractivity (Wildman–Crippen MR) is 77.7 cm³/mol. The molecule has 0 saturated carbocycles. The topological polar surface area (TPSA) is 127 Å². The van der Waals surface area contributed by atoms with Crippen molar-refractivity contribution in [2.75, 3.05) is 0 Å². The number of aromatic nitrogens is 2. The molecule has 2 aromatic heterocycles. The first kappa shape index (κ1) is 19.8. The van der Waals surface area contributed by atoms with Crippen LogP contribution in [0.2, 0.25) is 0 Å². The zero-order valence-corrected chi connectivity index (χ0v) is 12.8. The summed E-state index contributed by atoms with van der Waals surface area (Å²) < 4.78 is 4.49. The first-order valence-corrected chi connectivity index (χ1v) is 6.23. The minimum absolute atomic E-state index is 0.0562. The second-order valence-corrected chi connectivity index (χ2v) is 4.21. The highest BCUT2D eigenvalue weighted by molar-refractivity contribution is 5.45. The number of aryl methyl sites for hydroxylation is 3. The second-order valence-electron chi connectivity index (χ2n) is 4.21. The molecule has 0 aliphatic carbocycles. The highest BCUT2D eigenvalue weighted by Crippen LogP contribution is 2.17.